The normalized spacial score (nSPS) is 12.5. The highest BCUT2D eigenvalue weighted by Crippen LogP contribution is 2.35. The van der Waals surface area contributed by atoms with Gasteiger partial charge >= 0.3 is 6.03 Å². The zero-order valence-corrected chi connectivity index (χ0v) is 16.8. The maximum Gasteiger partial charge on any atom is 0.312 e. The molecule has 4 N–H and O–H groups in total. The fourth-order valence-electron chi connectivity index (χ4n) is 2.69. The quantitative estimate of drug-likeness (QED) is 0.633. The van der Waals surface area contributed by atoms with Crippen molar-refractivity contribution in [3.05, 3.63) is 56.2 Å². The van der Waals surface area contributed by atoms with Gasteiger partial charge in [-0.3, -0.25) is 4.79 Å². The van der Waals surface area contributed by atoms with Crippen molar-refractivity contribution in [2.45, 2.75) is 31.7 Å². The van der Waals surface area contributed by atoms with Crippen LogP contribution in [0.3, 0.4) is 0 Å². The second kappa shape index (κ2) is 8.75. The molecule has 3 amide bonds. The molecule has 0 radical (unpaired) electrons. The van der Waals surface area contributed by atoms with Crippen molar-refractivity contribution in [1.82, 2.24) is 10.6 Å². The van der Waals surface area contributed by atoms with Crippen LogP contribution >= 0.6 is 34.5 Å². The number of amides is 3. The van der Waals surface area contributed by atoms with Crippen LogP contribution in [0.4, 0.5) is 4.79 Å². The van der Waals surface area contributed by atoms with E-state index < -0.39 is 17.5 Å². The molecule has 1 aromatic carbocycles. The number of nitrogens with two attached hydrogens (primary N) is 1. The van der Waals surface area contributed by atoms with Crippen molar-refractivity contribution in [3.8, 4) is 0 Å². The SMILES string of the molecule is CC(C)(CNC(=O)CC(NC(N)=O)c1cccs1)c1c(Cl)cccc1Cl. The zero-order chi connectivity index (χ0) is 19.3. The molecule has 0 aliphatic rings. The van der Waals surface area contributed by atoms with Gasteiger partial charge in [0, 0.05) is 26.9 Å². The van der Waals surface area contributed by atoms with Crippen LogP contribution in [0, 0.1) is 0 Å². The lowest BCUT2D eigenvalue weighted by atomic mass is 9.84. The van der Waals surface area contributed by atoms with Crippen LogP contribution in [0.5, 0.6) is 0 Å². The first kappa shape index (κ1) is 20.6. The van der Waals surface area contributed by atoms with Crippen LogP contribution in [0.2, 0.25) is 10.0 Å². The number of benzene rings is 1. The lowest BCUT2D eigenvalue weighted by Crippen LogP contribution is -2.40. The maximum atomic E-state index is 12.4. The van der Waals surface area contributed by atoms with E-state index in [2.05, 4.69) is 10.6 Å². The maximum absolute atomic E-state index is 12.4. The van der Waals surface area contributed by atoms with Crippen molar-refractivity contribution in [3.63, 3.8) is 0 Å². The third-order valence-corrected chi connectivity index (χ3v) is 5.58. The molecule has 0 aliphatic carbocycles. The van der Waals surface area contributed by atoms with Gasteiger partial charge in [0.15, 0.2) is 0 Å². The summed E-state index contributed by atoms with van der Waals surface area (Å²) < 4.78 is 0. The van der Waals surface area contributed by atoms with Gasteiger partial charge in [-0.05, 0) is 29.1 Å². The number of nitrogens with one attached hydrogen (secondary N) is 2. The molecule has 1 heterocycles. The van der Waals surface area contributed by atoms with E-state index in [1.54, 1.807) is 18.2 Å². The first-order chi connectivity index (χ1) is 12.2. The van der Waals surface area contributed by atoms with E-state index in [1.807, 2.05) is 31.4 Å². The lowest BCUT2D eigenvalue weighted by Gasteiger charge is -2.28. The Morgan fingerprint density at radius 3 is 2.38 bits per heavy atom. The number of urea groups is 1. The Morgan fingerprint density at radius 1 is 1.19 bits per heavy atom. The summed E-state index contributed by atoms with van der Waals surface area (Å²) in [5.41, 5.74) is 5.55. The third kappa shape index (κ3) is 5.37. The molecule has 0 saturated heterocycles. The van der Waals surface area contributed by atoms with Gasteiger partial charge in [0.1, 0.15) is 0 Å². The van der Waals surface area contributed by atoms with Gasteiger partial charge in [-0.25, -0.2) is 4.79 Å². The Kier molecular flexibility index (Phi) is 6.92. The second-order valence-electron chi connectivity index (χ2n) is 6.54. The molecule has 26 heavy (non-hydrogen) atoms. The molecule has 2 aromatic rings. The van der Waals surface area contributed by atoms with E-state index >= 15 is 0 Å². The van der Waals surface area contributed by atoms with Gasteiger partial charge in [-0.15, -0.1) is 11.3 Å². The smallest absolute Gasteiger partial charge is 0.312 e. The van der Waals surface area contributed by atoms with Crippen LogP contribution in [-0.4, -0.2) is 18.5 Å². The van der Waals surface area contributed by atoms with E-state index in [4.69, 9.17) is 28.9 Å². The Labute approximate surface area is 166 Å². The summed E-state index contributed by atoms with van der Waals surface area (Å²) in [7, 11) is 0. The highest BCUT2D eigenvalue weighted by Gasteiger charge is 2.27. The molecule has 5 nitrogen and oxygen atoms in total. The minimum absolute atomic E-state index is 0.0930. The molecular formula is C18H21Cl2N3O2S. The number of primary amides is 1. The average molecular weight is 414 g/mol. The molecule has 140 valence electrons. The second-order valence-corrected chi connectivity index (χ2v) is 8.33. The van der Waals surface area contributed by atoms with Gasteiger partial charge in [-0.1, -0.05) is 49.2 Å². The van der Waals surface area contributed by atoms with Gasteiger partial charge in [0.2, 0.25) is 5.91 Å². The summed E-state index contributed by atoms with van der Waals surface area (Å²) in [6.07, 6.45) is 0.0930. The lowest BCUT2D eigenvalue weighted by molar-refractivity contribution is -0.121. The third-order valence-electron chi connectivity index (χ3n) is 3.96. The average Bonchev–Trinajstić information content (AvgIpc) is 3.06. The minimum atomic E-state index is -0.667. The molecule has 0 bridgehead atoms. The Hall–Kier alpha value is -1.76. The topological polar surface area (TPSA) is 84.2 Å². The fraction of sp³-hybridized carbons (Fsp3) is 0.333. The Morgan fingerprint density at radius 2 is 1.85 bits per heavy atom. The van der Waals surface area contributed by atoms with Crippen molar-refractivity contribution < 1.29 is 9.59 Å². The van der Waals surface area contributed by atoms with Crippen LogP contribution < -0.4 is 16.4 Å². The van der Waals surface area contributed by atoms with E-state index in [1.165, 1.54) is 11.3 Å². The number of halogens is 2. The Balaban J connectivity index is 2.03. The predicted molar refractivity (Wildman–Crippen MR) is 107 cm³/mol. The molecule has 2 rings (SSSR count). The fourth-order valence-corrected chi connectivity index (χ4v) is 4.38. The highest BCUT2D eigenvalue weighted by atomic mass is 35.5. The number of carbonyl (C=O) groups is 2. The molecule has 0 aliphatic heterocycles. The largest absolute Gasteiger partial charge is 0.355 e. The summed E-state index contributed by atoms with van der Waals surface area (Å²) in [6.45, 7) is 4.26. The van der Waals surface area contributed by atoms with Crippen LogP contribution in [0.15, 0.2) is 35.7 Å². The summed E-state index contributed by atoms with van der Waals surface area (Å²) >= 11 is 14.0. The predicted octanol–water partition coefficient (Wildman–Crippen LogP) is 4.25. The molecule has 1 aromatic heterocycles. The number of rotatable bonds is 7. The number of hydrogen-bond donors (Lipinski definition) is 3. The van der Waals surface area contributed by atoms with Crippen molar-refractivity contribution >= 4 is 46.5 Å². The first-order valence-electron chi connectivity index (χ1n) is 8.01. The van der Waals surface area contributed by atoms with Crippen LogP contribution in [-0.2, 0) is 10.2 Å². The molecule has 1 unspecified atom stereocenters. The van der Waals surface area contributed by atoms with E-state index in [9.17, 15) is 9.59 Å². The zero-order valence-electron chi connectivity index (χ0n) is 14.5. The number of thiophene rings is 1. The summed E-state index contributed by atoms with van der Waals surface area (Å²) in [5.74, 6) is -0.201. The molecular weight excluding hydrogens is 393 g/mol. The minimum Gasteiger partial charge on any atom is -0.355 e. The van der Waals surface area contributed by atoms with E-state index in [0.717, 1.165) is 10.4 Å². The van der Waals surface area contributed by atoms with Crippen LogP contribution in [0.1, 0.15) is 36.8 Å². The molecule has 1 atom stereocenters. The standard InChI is InChI=1S/C18H21Cl2N3O2S/c1-18(2,16-11(19)5-3-6-12(16)20)10-22-15(24)9-13(23-17(21)25)14-7-4-8-26-14/h3-8,13H,9-10H2,1-2H3,(H,22,24)(H3,21,23,25). The van der Waals surface area contributed by atoms with E-state index in [0.29, 0.717) is 16.6 Å². The number of carbonyl (C=O) groups excluding carboxylic acids is 2. The monoisotopic (exact) mass is 413 g/mol. The van der Waals surface area contributed by atoms with Crippen molar-refractivity contribution in [1.29, 1.82) is 0 Å². The molecule has 0 saturated carbocycles. The number of hydrogen-bond acceptors (Lipinski definition) is 3. The first-order valence-corrected chi connectivity index (χ1v) is 9.65. The van der Waals surface area contributed by atoms with Crippen LogP contribution in [0.25, 0.3) is 0 Å². The summed E-state index contributed by atoms with van der Waals surface area (Å²) in [4.78, 5) is 24.5. The summed E-state index contributed by atoms with van der Waals surface area (Å²) in [6, 6.07) is 7.91. The van der Waals surface area contributed by atoms with Gasteiger partial charge in [-0.2, -0.15) is 0 Å². The van der Waals surface area contributed by atoms with Crippen molar-refractivity contribution in [2.24, 2.45) is 5.73 Å². The highest BCUT2D eigenvalue weighted by molar-refractivity contribution is 7.10. The molecule has 8 heteroatoms. The molecule has 0 spiro atoms. The van der Waals surface area contributed by atoms with Gasteiger partial charge in [0.05, 0.1) is 12.5 Å². The Bertz CT molecular complexity index is 758. The van der Waals surface area contributed by atoms with Crippen molar-refractivity contribution in [2.75, 3.05) is 6.54 Å². The summed E-state index contributed by atoms with van der Waals surface area (Å²) in [5, 5.41) is 8.50. The van der Waals surface area contributed by atoms with E-state index in [-0.39, 0.29) is 12.3 Å². The molecule has 0 fully saturated rings. The van der Waals surface area contributed by atoms with Gasteiger partial charge in [0.25, 0.3) is 0 Å². The van der Waals surface area contributed by atoms with Gasteiger partial charge < -0.3 is 16.4 Å².